The first-order chi connectivity index (χ1) is 19.5. The molecule has 0 fully saturated rings. The molecule has 1 aliphatic heterocycles. The van der Waals surface area contributed by atoms with Crippen LogP contribution in [0.3, 0.4) is 0 Å². The second-order valence-electron chi connectivity index (χ2n) is 9.60. The van der Waals surface area contributed by atoms with Crippen LogP contribution in [0.15, 0.2) is 54.7 Å². The number of carbonyl (C=O) groups is 1. The van der Waals surface area contributed by atoms with Crippen molar-refractivity contribution in [3.8, 4) is 22.8 Å². The molecule has 1 amide bonds. The predicted molar refractivity (Wildman–Crippen MR) is 145 cm³/mol. The van der Waals surface area contributed by atoms with Crippen molar-refractivity contribution in [3.05, 3.63) is 82.9 Å². The van der Waals surface area contributed by atoms with Gasteiger partial charge in [0.05, 0.1) is 26.6 Å². The van der Waals surface area contributed by atoms with E-state index >= 15 is 0 Å². The number of halogens is 5. The van der Waals surface area contributed by atoms with Crippen molar-refractivity contribution >= 4 is 16.8 Å². The van der Waals surface area contributed by atoms with Crippen molar-refractivity contribution in [3.63, 3.8) is 0 Å². The van der Waals surface area contributed by atoms with E-state index in [-0.39, 0.29) is 22.9 Å². The number of benzene rings is 2. The number of amides is 1. The van der Waals surface area contributed by atoms with E-state index < -0.39 is 30.4 Å². The summed E-state index contributed by atoms with van der Waals surface area (Å²) in [6.45, 7) is 3.24. The van der Waals surface area contributed by atoms with Crippen LogP contribution in [0.25, 0.3) is 22.2 Å². The summed E-state index contributed by atoms with van der Waals surface area (Å²) < 4.78 is 77.2. The number of aryl methyl sites for hydroxylation is 1. The van der Waals surface area contributed by atoms with Gasteiger partial charge < -0.3 is 14.8 Å². The zero-order chi connectivity index (χ0) is 29.9. The smallest absolute Gasteiger partial charge is 0.398 e. The molecule has 3 heterocycles. The molecule has 0 aliphatic carbocycles. The maximum Gasteiger partial charge on any atom is 0.398 e. The Morgan fingerprint density at radius 2 is 1.85 bits per heavy atom. The van der Waals surface area contributed by atoms with Crippen molar-refractivity contribution in [2.45, 2.75) is 31.9 Å². The Bertz CT molecular complexity index is 1560. The molecule has 0 bridgehead atoms. The van der Waals surface area contributed by atoms with E-state index in [9.17, 15) is 26.7 Å². The summed E-state index contributed by atoms with van der Waals surface area (Å²) in [5, 5.41) is 3.05. The van der Waals surface area contributed by atoms with Crippen molar-refractivity contribution < 1.29 is 36.2 Å². The Labute approximate surface area is 233 Å². The van der Waals surface area contributed by atoms with Crippen molar-refractivity contribution in [1.82, 2.24) is 15.3 Å². The molecule has 5 rings (SSSR count). The second kappa shape index (κ2) is 12.1. The van der Waals surface area contributed by atoms with Crippen LogP contribution in [0, 0.1) is 12.7 Å². The second-order valence-corrected chi connectivity index (χ2v) is 9.60. The average molecular weight is 574 g/mol. The number of fused-ring (bicyclic) bond motifs is 2. The average Bonchev–Trinajstić information content (AvgIpc) is 3.33. The van der Waals surface area contributed by atoms with E-state index in [1.807, 2.05) is 19.9 Å². The number of hydrogen-bond acceptors (Lipinski definition) is 5. The molecule has 0 saturated heterocycles. The lowest BCUT2D eigenvalue weighted by atomic mass is 9.95. The van der Waals surface area contributed by atoms with Gasteiger partial charge in [0.2, 0.25) is 0 Å². The first kappa shape index (κ1) is 29.7. The summed E-state index contributed by atoms with van der Waals surface area (Å²) in [6, 6.07) is 11.5. The standard InChI is InChI=1S/C29H25F4N3O3.CH3F/c1-15-8-18-9-19(10-24(38-3)25(18)34-12-15)28(37)35-13-22(29(31,32)33)23-11-21-16(2)14-39-27(21)26(36-23)17-4-6-20(30)7-5-17;1-2/h4-12,16,22H,13-14H2,1-3H3,(H,35,37);1H3. The Morgan fingerprint density at radius 3 is 2.51 bits per heavy atom. The number of hydrogen-bond donors (Lipinski definition) is 1. The molecule has 0 saturated carbocycles. The molecule has 6 nitrogen and oxygen atoms in total. The molecule has 0 radical (unpaired) electrons. The number of alkyl halides is 4. The fraction of sp³-hybridized carbons (Fsp3) is 0.300. The third-order valence-electron chi connectivity index (χ3n) is 6.73. The number of rotatable bonds is 6. The third kappa shape index (κ3) is 6.23. The maximum atomic E-state index is 14.4. The summed E-state index contributed by atoms with van der Waals surface area (Å²) in [5.41, 5.74) is 2.51. The SMILES string of the molecule is CF.COc1cc(C(=O)NCC(c2cc3c(c(-c4ccc(F)cc4)n2)OCC3C)C(F)(F)F)cc2cc(C)cnc12. The third-order valence-corrected chi connectivity index (χ3v) is 6.73. The van der Waals surface area contributed by atoms with Gasteiger partial charge in [-0.2, -0.15) is 13.2 Å². The molecular formula is C30H28F5N3O3. The molecule has 2 unspecified atom stereocenters. The Morgan fingerprint density at radius 1 is 1.15 bits per heavy atom. The van der Waals surface area contributed by atoms with Crippen LogP contribution < -0.4 is 14.8 Å². The van der Waals surface area contributed by atoms with Crippen molar-refractivity contribution in [2.75, 3.05) is 27.4 Å². The lowest BCUT2D eigenvalue weighted by Gasteiger charge is -2.22. The van der Waals surface area contributed by atoms with Crippen LogP contribution in [-0.2, 0) is 0 Å². The van der Waals surface area contributed by atoms with Gasteiger partial charge in [0.25, 0.3) is 5.91 Å². The zero-order valence-electron chi connectivity index (χ0n) is 22.8. The van der Waals surface area contributed by atoms with Crippen LogP contribution in [0.2, 0.25) is 0 Å². The quantitative estimate of drug-likeness (QED) is 0.254. The van der Waals surface area contributed by atoms with Crippen molar-refractivity contribution in [1.29, 1.82) is 0 Å². The van der Waals surface area contributed by atoms with Crippen molar-refractivity contribution in [2.24, 2.45) is 0 Å². The predicted octanol–water partition coefficient (Wildman–Crippen LogP) is 6.91. The van der Waals surface area contributed by atoms with Crippen LogP contribution >= 0.6 is 0 Å². The molecule has 4 aromatic rings. The molecule has 11 heteroatoms. The molecule has 41 heavy (non-hydrogen) atoms. The highest BCUT2D eigenvalue weighted by Gasteiger charge is 2.43. The molecule has 1 N–H and O–H groups in total. The van der Waals surface area contributed by atoms with E-state index in [1.165, 1.54) is 43.5 Å². The highest BCUT2D eigenvalue weighted by atomic mass is 19.4. The van der Waals surface area contributed by atoms with Crippen LogP contribution in [-0.4, -0.2) is 49.5 Å². The van der Waals surface area contributed by atoms with Gasteiger partial charge in [-0.25, -0.2) is 9.37 Å². The first-order valence-corrected chi connectivity index (χ1v) is 12.7. The number of pyridine rings is 2. The number of aromatic nitrogens is 2. The summed E-state index contributed by atoms with van der Waals surface area (Å²) >= 11 is 0. The van der Waals surface area contributed by atoms with E-state index in [4.69, 9.17) is 9.47 Å². The molecular weight excluding hydrogens is 545 g/mol. The van der Waals surface area contributed by atoms with E-state index in [2.05, 4.69) is 15.3 Å². The summed E-state index contributed by atoms with van der Waals surface area (Å²) in [6.07, 6.45) is -3.05. The topological polar surface area (TPSA) is 73.3 Å². The zero-order valence-corrected chi connectivity index (χ0v) is 22.8. The minimum atomic E-state index is -4.71. The fourth-order valence-electron chi connectivity index (χ4n) is 4.67. The number of nitrogens with one attached hydrogen (secondary N) is 1. The molecule has 2 aromatic carbocycles. The monoisotopic (exact) mass is 573 g/mol. The highest BCUT2D eigenvalue weighted by molar-refractivity contribution is 6.00. The van der Waals surface area contributed by atoms with E-state index in [0.29, 0.717) is 47.3 Å². The van der Waals surface area contributed by atoms with E-state index in [0.717, 1.165) is 5.56 Å². The van der Waals surface area contributed by atoms with Gasteiger partial charge in [-0.15, -0.1) is 0 Å². The largest absolute Gasteiger partial charge is 0.494 e. The molecule has 1 aliphatic rings. The van der Waals surface area contributed by atoms with Gasteiger partial charge in [-0.1, -0.05) is 6.92 Å². The van der Waals surface area contributed by atoms with Gasteiger partial charge in [-0.05, 0) is 61.0 Å². The summed E-state index contributed by atoms with van der Waals surface area (Å²) in [5.74, 6) is -2.70. The van der Waals surface area contributed by atoms with Crippen LogP contribution in [0.5, 0.6) is 11.5 Å². The van der Waals surface area contributed by atoms with Gasteiger partial charge in [0.15, 0.2) is 0 Å². The molecule has 216 valence electrons. The van der Waals surface area contributed by atoms with Gasteiger partial charge in [0.1, 0.15) is 34.4 Å². The van der Waals surface area contributed by atoms with Gasteiger partial charge >= 0.3 is 6.18 Å². The normalized spacial score (nSPS) is 14.9. The number of methoxy groups -OCH3 is 1. The van der Waals surface area contributed by atoms with Gasteiger partial charge in [0, 0.05) is 40.7 Å². The fourth-order valence-corrected chi connectivity index (χ4v) is 4.67. The summed E-state index contributed by atoms with van der Waals surface area (Å²) in [4.78, 5) is 21.7. The van der Waals surface area contributed by atoms with Crippen LogP contribution in [0.4, 0.5) is 22.0 Å². The minimum Gasteiger partial charge on any atom is -0.494 e. The Kier molecular flexibility index (Phi) is 8.74. The Balaban J connectivity index is 0.00000189. The number of carbonyl (C=O) groups excluding carboxylic acids is 1. The van der Waals surface area contributed by atoms with Gasteiger partial charge in [-0.3, -0.25) is 14.2 Å². The lowest BCUT2D eigenvalue weighted by molar-refractivity contribution is -0.149. The Hall–Kier alpha value is -4.28. The number of nitrogens with zero attached hydrogens (tertiary/aromatic N) is 2. The molecule has 0 spiro atoms. The maximum absolute atomic E-state index is 14.4. The highest BCUT2D eigenvalue weighted by Crippen LogP contribution is 2.44. The first-order valence-electron chi connectivity index (χ1n) is 12.7. The minimum absolute atomic E-state index is 0.142. The molecule has 2 atom stereocenters. The lowest BCUT2D eigenvalue weighted by Crippen LogP contribution is -2.35. The molecule has 2 aromatic heterocycles. The number of ether oxygens (including phenoxy) is 2. The van der Waals surface area contributed by atoms with E-state index in [1.54, 1.807) is 12.3 Å². The summed E-state index contributed by atoms with van der Waals surface area (Å²) in [7, 11) is 1.93. The van der Waals surface area contributed by atoms with Crippen LogP contribution in [0.1, 0.15) is 45.9 Å².